The van der Waals surface area contributed by atoms with Crippen LogP contribution in [0.3, 0.4) is 0 Å². The van der Waals surface area contributed by atoms with E-state index in [-0.39, 0.29) is 0 Å². The Bertz CT molecular complexity index is 795. The molecule has 0 aliphatic heterocycles. The quantitative estimate of drug-likeness (QED) is 0.549. The van der Waals surface area contributed by atoms with Gasteiger partial charge in [-0.2, -0.15) is 0 Å². The minimum atomic E-state index is -0.549. The Balaban J connectivity index is 2.13. The summed E-state index contributed by atoms with van der Waals surface area (Å²) >= 11 is 0. The van der Waals surface area contributed by atoms with Crippen molar-refractivity contribution < 1.29 is 10.0 Å². The summed E-state index contributed by atoms with van der Waals surface area (Å²) in [7, 11) is 0. The Hall–Kier alpha value is -2.73. The molecule has 0 spiro atoms. The number of nitrogens with one attached hydrogen (secondary N) is 1. The van der Waals surface area contributed by atoms with Crippen LogP contribution in [-0.2, 0) is 0 Å². The van der Waals surface area contributed by atoms with Crippen LogP contribution in [0.1, 0.15) is 16.1 Å². The third-order valence-corrected chi connectivity index (χ3v) is 3.06. The number of benzene rings is 1. The second-order valence-corrected chi connectivity index (χ2v) is 4.39. The van der Waals surface area contributed by atoms with Gasteiger partial charge in [-0.15, -0.1) is 0 Å². The van der Waals surface area contributed by atoms with Crippen molar-refractivity contribution in [2.75, 3.05) is 0 Å². The van der Waals surface area contributed by atoms with Gasteiger partial charge in [-0.3, -0.25) is 10.0 Å². The van der Waals surface area contributed by atoms with Gasteiger partial charge in [0.05, 0.1) is 11.4 Å². The molecule has 20 heavy (non-hydrogen) atoms. The standard InChI is InChI=1S/C14H12N4O2/c1-9-13-15-5-6-18(13)8-12(16-9)10-3-2-4-11(7-10)14(19)17-20/h2-8,20H,1H3,(H,17,19). The third-order valence-electron chi connectivity index (χ3n) is 3.06. The number of aromatic nitrogens is 3. The number of amides is 1. The molecule has 0 saturated carbocycles. The third kappa shape index (κ3) is 2.02. The molecule has 0 aliphatic carbocycles. The molecule has 2 N–H and O–H groups in total. The summed E-state index contributed by atoms with van der Waals surface area (Å²) in [5.74, 6) is -0.549. The second kappa shape index (κ2) is 4.75. The van der Waals surface area contributed by atoms with E-state index in [0.29, 0.717) is 5.56 Å². The van der Waals surface area contributed by atoms with Crippen LogP contribution in [0, 0.1) is 6.92 Å². The Morgan fingerprint density at radius 3 is 3.05 bits per heavy atom. The molecule has 0 radical (unpaired) electrons. The van der Waals surface area contributed by atoms with Gasteiger partial charge in [0.25, 0.3) is 5.91 Å². The summed E-state index contributed by atoms with van der Waals surface area (Å²) in [5, 5.41) is 8.68. The van der Waals surface area contributed by atoms with E-state index in [0.717, 1.165) is 22.6 Å². The molecule has 1 amide bonds. The topological polar surface area (TPSA) is 79.5 Å². The average Bonchev–Trinajstić information content (AvgIpc) is 2.95. The lowest BCUT2D eigenvalue weighted by atomic mass is 10.1. The Labute approximate surface area is 114 Å². The predicted molar refractivity (Wildman–Crippen MR) is 72.4 cm³/mol. The van der Waals surface area contributed by atoms with Gasteiger partial charge in [-0.25, -0.2) is 15.4 Å². The molecule has 100 valence electrons. The maximum atomic E-state index is 11.4. The summed E-state index contributed by atoms with van der Waals surface area (Å²) in [6, 6.07) is 6.90. The summed E-state index contributed by atoms with van der Waals surface area (Å²) in [5.41, 5.74) is 5.14. The van der Waals surface area contributed by atoms with Crippen LogP contribution in [-0.4, -0.2) is 25.5 Å². The monoisotopic (exact) mass is 268 g/mol. The number of nitrogens with zero attached hydrogens (tertiary/aromatic N) is 3. The van der Waals surface area contributed by atoms with Gasteiger partial charge in [0.15, 0.2) is 5.65 Å². The summed E-state index contributed by atoms with van der Waals surface area (Å²) in [4.78, 5) is 20.1. The molecule has 1 aromatic carbocycles. The van der Waals surface area contributed by atoms with Crippen molar-refractivity contribution in [3.63, 3.8) is 0 Å². The fourth-order valence-corrected chi connectivity index (χ4v) is 2.11. The van der Waals surface area contributed by atoms with Crippen LogP contribution in [0.25, 0.3) is 16.9 Å². The second-order valence-electron chi connectivity index (χ2n) is 4.39. The zero-order chi connectivity index (χ0) is 14.1. The number of hydrogen-bond donors (Lipinski definition) is 2. The SMILES string of the molecule is Cc1nc(-c2cccc(C(=O)NO)c2)cn2ccnc12. The number of fused-ring (bicyclic) bond motifs is 1. The van der Waals surface area contributed by atoms with Crippen LogP contribution in [0.5, 0.6) is 0 Å². The molecule has 2 aromatic heterocycles. The first-order chi connectivity index (χ1) is 9.69. The van der Waals surface area contributed by atoms with Gasteiger partial charge < -0.3 is 4.40 Å². The number of imidazole rings is 1. The molecule has 0 bridgehead atoms. The first-order valence-corrected chi connectivity index (χ1v) is 6.04. The van der Waals surface area contributed by atoms with Crippen molar-refractivity contribution in [3.8, 4) is 11.3 Å². The van der Waals surface area contributed by atoms with Crippen LogP contribution in [0.15, 0.2) is 42.9 Å². The molecular weight excluding hydrogens is 256 g/mol. The minimum Gasteiger partial charge on any atom is -0.303 e. The van der Waals surface area contributed by atoms with E-state index >= 15 is 0 Å². The lowest BCUT2D eigenvalue weighted by Gasteiger charge is -2.06. The van der Waals surface area contributed by atoms with E-state index in [1.165, 1.54) is 0 Å². The highest BCUT2D eigenvalue weighted by atomic mass is 16.5. The van der Waals surface area contributed by atoms with Gasteiger partial charge in [0.2, 0.25) is 0 Å². The van der Waals surface area contributed by atoms with Gasteiger partial charge in [-0.1, -0.05) is 12.1 Å². The van der Waals surface area contributed by atoms with E-state index in [9.17, 15) is 4.79 Å². The molecule has 0 aliphatic rings. The van der Waals surface area contributed by atoms with E-state index in [2.05, 4.69) is 9.97 Å². The molecule has 0 atom stereocenters. The van der Waals surface area contributed by atoms with Crippen molar-refractivity contribution in [3.05, 3.63) is 54.1 Å². The number of hydrogen-bond acceptors (Lipinski definition) is 4. The molecule has 3 rings (SSSR count). The van der Waals surface area contributed by atoms with Crippen LogP contribution in [0.2, 0.25) is 0 Å². The lowest BCUT2D eigenvalue weighted by Crippen LogP contribution is -2.18. The smallest absolute Gasteiger partial charge is 0.274 e. The molecule has 2 heterocycles. The maximum absolute atomic E-state index is 11.4. The molecule has 0 unspecified atom stereocenters. The maximum Gasteiger partial charge on any atom is 0.274 e. The first-order valence-electron chi connectivity index (χ1n) is 6.04. The highest BCUT2D eigenvalue weighted by Gasteiger charge is 2.09. The molecular formula is C14H12N4O2. The Kier molecular flexibility index (Phi) is 2.92. The number of hydroxylamine groups is 1. The van der Waals surface area contributed by atoms with Crippen molar-refractivity contribution in [2.45, 2.75) is 6.92 Å². The van der Waals surface area contributed by atoms with Crippen molar-refractivity contribution >= 4 is 11.6 Å². The normalized spacial score (nSPS) is 10.7. The molecule has 0 fully saturated rings. The highest BCUT2D eigenvalue weighted by molar-refractivity contribution is 5.94. The molecule has 6 heteroatoms. The molecule has 3 aromatic rings. The predicted octanol–water partition coefficient (Wildman–Crippen LogP) is 1.82. The fraction of sp³-hybridized carbons (Fsp3) is 0.0714. The van der Waals surface area contributed by atoms with Crippen molar-refractivity contribution in [1.82, 2.24) is 19.8 Å². The lowest BCUT2D eigenvalue weighted by molar-refractivity contribution is 0.0706. The largest absolute Gasteiger partial charge is 0.303 e. The van der Waals surface area contributed by atoms with Gasteiger partial charge in [-0.05, 0) is 19.1 Å². The number of carbonyl (C=O) groups excluding carboxylic acids is 1. The fourth-order valence-electron chi connectivity index (χ4n) is 2.11. The van der Waals surface area contributed by atoms with Gasteiger partial charge >= 0.3 is 0 Å². The van der Waals surface area contributed by atoms with Crippen molar-refractivity contribution in [2.24, 2.45) is 0 Å². The number of carbonyl (C=O) groups is 1. The summed E-state index contributed by atoms with van der Waals surface area (Å²) < 4.78 is 1.89. The van der Waals surface area contributed by atoms with E-state index in [1.807, 2.05) is 29.8 Å². The molecule has 0 saturated heterocycles. The highest BCUT2D eigenvalue weighted by Crippen LogP contribution is 2.20. The first kappa shape index (κ1) is 12.3. The Morgan fingerprint density at radius 1 is 1.40 bits per heavy atom. The van der Waals surface area contributed by atoms with Crippen molar-refractivity contribution in [1.29, 1.82) is 0 Å². The summed E-state index contributed by atoms with van der Waals surface area (Å²) in [6.45, 7) is 1.89. The summed E-state index contributed by atoms with van der Waals surface area (Å²) in [6.07, 6.45) is 5.41. The number of rotatable bonds is 2. The van der Waals surface area contributed by atoms with Crippen LogP contribution in [0.4, 0.5) is 0 Å². The van der Waals surface area contributed by atoms with E-state index in [4.69, 9.17) is 5.21 Å². The van der Waals surface area contributed by atoms with Gasteiger partial charge in [0.1, 0.15) is 0 Å². The van der Waals surface area contributed by atoms with Crippen LogP contribution < -0.4 is 5.48 Å². The molecule has 6 nitrogen and oxygen atoms in total. The zero-order valence-electron chi connectivity index (χ0n) is 10.7. The van der Waals surface area contributed by atoms with Crippen LogP contribution >= 0.6 is 0 Å². The number of aryl methyl sites for hydroxylation is 1. The minimum absolute atomic E-state index is 0.371. The van der Waals surface area contributed by atoms with E-state index < -0.39 is 5.91 Å². The van der Waals surface area contributed by atoms with E-state index in [1.54, 1.807) is 29.9 Å². The average molecular weight is 268 g/mol. The van der Waals surface area contributed by atoms with Gasteiger partial charge in [0, 0.05) is 29.7 Å². The Morgan fingerprint density at radius 2 is 2.25 bits per heavy atom. The zero-order valence-corrected chi connectivity index (χ0v) is 10.7.